The Morgan fingerprint density at radius 3 is 2.78 bits per heavy atom. The van der Waals surface area contributed by atoms with Crippen LogP contribution in [0.1, 0.15) is 21.6 Å². The lowest BCUT2D eigenvalue weighted by molar-refractivity contribution is 0.0698. The number of carbonyl (C=O) groups is 1. The maximum atomic E-state index is 11.1. The predicted octanol–water partition coefficient (Wildman–Crippen LogP) is 2.70. The number of para-hydroxylation sites is 1. The summed E-state index contributed by atoms with van der Waals surface area (Å²) in [4.78, 5) is 15.3. The number of aryl methyl sites for hydroxylation is 1. The second-order valence-electron chi connectivity index (χ2n) is 3.98. The fraction of sp³-hybridized carbons (Fsp3) is 0.143. The highest BCUT2D eigenvalue weighted by atomic mass is 16.4. The van der Waals surface area contributed by atoms with Gasteiger partial charge in [-0.2, -0.15) is 0 Å². The van der Waals surface area contributed by atoms with Crippen LogP contribution in [-0.2, 0) is 6.54 Å². The molecule has 0 unspecified atom stereocenters. The fourth-order valence-electron chi connectivity index (χ4n) is 1.76. The molecule has 2 rings (SSSR count). The molecule has 0 aliphatic heterocycles. The van der Waals surface area contributed by atoms with Gasteiger partial charge in [0.05, 0.1) is 23.5 Å². The first-order valence-electron chi connectivity index (χ1n) is 5.65. The number of carboxylic acids is 1. The van der Waals surface area contributed by atoms with Gasteiger partial charge in [-0.15, -0.1) is 0 Å². The topological polar surface area (TPSA) is 62.2 Å². The van der Waals surface area contributed by atoms with Gasteiger partial charge in [-0.05, 0) is 30.7 Å². The van der Waals surface area contributed by atoms with Crippen molar-refractivity contribution in [1.82, 2.24) is 4.98 Å². The largest absolute Gasteiger partial charge is 0.478 e. The molecule has 0 aliphatic carbocycles. The zero-order valence-corrected chi connectivity index (χ0v) is 10.1. The van der Waals surface area contributed by atoms with Crippen molar-refractivity contribution in [2.24, 2.45) is 0 Å². The van der Waals surface area contributed by atoms with Gasteiger partial charge < -0.3 is 10.4 Å². The number of rotatable bonds is 4. The fourth-order valence-corrected chi connectivity index (χ4v) is 1.76. The zero-order valence-electron chi connectivity index (χ0n) is 10.1. The molecule has 0 atom stereocenters. The van der Waals surface area contributed by atoms with Crippen LogP contribution in [0.25, 0.3) is 0 Å². The molecular formula is C14H14N2O2. The zero-order chi connectivity index (χ0) is 13.0. The first-order chi connectivity index (χ1) is 8.68. The van der Waals surface area contributed by atoms with E-state index in [1.807, 2.05) is 31.2 Å². The quantitative estimate of drug-likeness (QED) is 0.865. The molecule has 0 fully saturated rings. The lowest BCUT2D eigenvalue weighted by Crippen LogP contribution is -2.08. The minimum Gasteiger partial charge on any atom is -0.478 e. The first-order valence-corrected chi connectivity index (χ1v) is 5.65. The summed E-state index contributed by atoms with van der Waals surface area (Å²) in [6.07, 6.45) is 1.72. The van der Waals surface area contributed by atoms with Crippen molar-refractivity contribution < 1.29 is 9.90 Å². The molecule has 18 heavy (non-hydrogen) atoms. The van der Waals surface area contributed by atoms with Crippen molar-refractivity contribution in [3.63, 3.8) is 0 Å². The highest BCUT2D eigenvalue weighted by Crippen LogP contribution is 2.21. The summed E-state index contributed by atoms with van der Waals surface area (Å²) in [6, 6.07) is 10.9. The van der Waals surface area contributed by atoms with Crippen molar-refractivity contribution in [2.45, 2.75) is 13.5 Å². The van der Waals surface area contributed by atoms with Crippen LogP contribution in [0.4, 0.5) is 5.69 Å². The summed E-state index contributed by atoms with van der Waals surface area (Å²) < 4.78 is 0. The van der Waals surface area contributed by atoms with Gasteiger partial charge in [-0.25, -0.2) is 4.79 Å². The number of nitrogens with one attached hydrogen (secondary N) is 1. The first kappa shape index (κ1) is 12.1. The van der Waals surface area contributed by atoms with Crippen LogP contribution in [-0.4, -0.2) is 16.1 Å². The lowest BCUT2D eigenvalue weighted by Gasteiger charge is -2.12. The Bertz CT molecular complexity index is 553. The molecule has 0 aliphatic rings. The minimum absolute atomic E-state index is 0.283. The maximum Gasteiger partial charge on any atom is 0.337 e. The molecule has 92 valence electrons. The number of nitrogens with zero attached hydrogens (tertiary/aromatic N) is 1. The molecule has 2 N–H and O–H groups in total. The van der Waals surface area contributed by atoms with Gasteiger partial charge in [0.1, 0.15) is 0 Å². The summed E-state index contributed by atoms with van der Waals surface area (Å²) in [5.74, 6) is -0.928. The Labute approximate surface area is 105 Å². The average Bonchev–Trinajstić information content (AvgIpc) is 2.38. The normalized spacial score (nSPS) is 10.1. The van der Waals surface area contributed by atoms with Crippen LogP contribution in [0.5, 0.6) is 0 Å². The van der Waals surface area contributed by atoms with Crippen molar-refractivity contribution in [2.75, 3.05) is 5.32 Å². The van der Waals surface area contributed by atoms with E-state index in [9.17, 15) is 4.79 Å². The van der Waals surface area contributed by atoms with E-state index in [1.165, 1.54) is 0 Å². The van der Waals surface area contributed by atoms with Gasteiger partial charge in [-0.1, -0.05) is 18.2 Å². The highest BCUT2D eigenvalue weighted by molar-refractivity contribution is 5.95. The van der Waals surface area contributed by atoms with E-state index in [0.29, 0.717) is 12.2 Å². The average molecular weight is 242 g/mol. The number of aromatic carboxylic acids is 1. The number of carboxylic acid groups (broad SMARTS) is 1. The van der Waals surface area contributed by atoms with Crippen LogP contribution in [0, 0.1) is 6.92 Å². The van der Waals surface area contributed by atoms with Gasteiger partial charge in [-0.3, -0.25) is 4.98 Å². The number of hydrogen-bond acceptors (Lipinski definition) is 3. The van der Waals surface area contributed by atoms with Gasteiger partial charge in [0.15, 0.2) is 0 Å². The Hall–Kier alpha value is -2.36. The Kier molecular flexibility index (Phi) is 3.57. The third-order valence-corrected chi connectivity index (χ3v) is 2.68. The second-order valence-corrected chi connectivity index (χ2v) is 3.98. The molecule has 0 bridgehead atoms. The van der Waals surface area contributed by atoms with Crippen LogP contribution >= 0.6 is 0 Å². The molecule has 0 spiro atoms. The third-order valence-electron chi connectivity index (χ3n) is 2.68. The molecule has 2 aromatic rings. The van der Waals surface area contributed by atoms with Gasteiger partial charge in [0.2, 0.25) is 0 Å². The summed E-state index contributed by atoms with van der Waals surface area (Å²) in [5, 5.41) is 12.3. The molecule has 0 saturated carbocycles. The molecule has 1 heterocycles. The summed E-state index contributed by atoms with van der Waals surface area (Å²) in [7, 11) is 0. The van der Waals surface area contributed by atoms with Gasteiger partial charge >= 0.3 is 5.97 Å². The SMILES string of the molecule is Cc1cccc(C(=O)O)c1NCc1ccccn1. The summed E-state index contributed by atoms with van der Waals surface area (Å²) in [6.45, 7) is 2.39. The summed E-state index contributed by atoms with van der Waals surface area (Å²) >= 11 is 0. The van der Waals surface area contributed by atoms with E-state index in [1.54, 1.807) is 18.3 Å². The van der Waals surface area contributed by atoms with E-state index >= 15 is 0 Å². The van der Waals surface area contributed by atoms with Crippen molar-refractivity contribution >= 4 is 11.7 Å². The van der Waals surface area contributed by atoms with E-state index in [4.69, 9.17) is 5.11 Å². The molecule has 4 nitrogen and oxygen atoms in total. The van der Waals surface area contributed by atoms with Crippen molar-refractivity contribution in [3.8, 4) is 0 Å². The molecule has 1 aromatic carbocycles. The van der Waals surface area contributed by atoms with E-state index in [2.05, 4.69) is 10.3 Å². The molecule has 4 heteroatoms. The number of pyridine rings is 1. The van der Waals surface area contributed by atoms with Crippen LogP contribution in [0.3, 0.4) is 0 Å². The molecule has 0 radical (unpaired) electrons. The second kappa shape index (κ2) is 5.31. The van der Waals surface area contributed by atoms with Crippen LogP contribution in [0.2, 0.25) is 0 Å². The predicted molar refractivity (Wildman–Crippen MR) is 69.7 cm³/mol. The van der Waals surface area contributed by atoms with Crippen LogP contribution < -0.4 is 5.32 Å². The monoisotopic (exact) mass is 242 g/mol. The smallest absolute Gasteiger partial charge is 0.337 e. The number of hydrogen-bond donors (Lipinski definition) is 2. The number of aromatic nitrogens is 1. The Morgan fingerprint density at radius 2 is 2.11 bits per heavy atom. The highest BCUT2D eigenvalue weighted by Gasteiger charge is 2.11. The van der Waals surface area contributed by atoms with Gasteiger partial charge in [0.25, 0.3) is 0 Å². The van der Waals surface area contributed by atoms with Gasteiger partial charge in [0, 0.05) is 6.20 Å². The minimum atomic E-state index is -0.928. The van der Waals surface area contributed by atoms with E-state index in [0.717, 1.165) is 11.3 Å². The third kappa shape index (κ3) is 2.66. The van der Waals surface area contributed by atoms with Crippen LogP contribution in [0.15, 0.2) is 42.6 Å². The standard InChI is InChI=1S/C14H14N2O2/c1-10-5-4-7-12(14(17)18)13(10)16-9-11-6-2-3-8-15-11/h2-8,16H,9H2,1H3,(H,17,18). The Morgan fingerprint density at radius 1 is 1.28 bits per heavy atom. The molecule has 1 aromatic heterocycles. The van der Waals surface area contributed by atoms with Crippen molar-refractivity contribution in [3.05, 3.63) is 59.4 Å². The number of anilines is 1. The maximum absolute atomic E-state index is 11.1. The number of benzene rings is 1. The van der Waals surface area contributed by atoms with E-state index in [-0.39, 0.29) is 5.56 Å². The summed E-state index contributed by atoms with van der Waals surface area (Å²) in [5.41, 5.74) is 2.71. The van der Waals surface area contributed by atoms with Crippen molar-refractivity contribution in [1.29, 1.82) is 0 Å². The molecule has 0 amide bonds. The molecule has 0 saturated heterocycles. The Balaban J connectivity index is 2.21. The van der Waals surface area contributed by atoms with E-state index < -0.39 is 5.97 Å². The molecular weight excluding hydrogens is 228 g/mol. The lowest BCUT2D eigenvalue weighted by atomic mass is 10.1.